The molecule has 5 nitrogen and oxygen atoms in total. The van der Waals surface area contributed by atoms with Crippen molar-refractivity contribution in [3.63, 3.8) is 0 Å². The van der Waals surface area contributed by atoms with E-state index in [1.54, 1.807) is 14.2 Å². The molecule has 1 aromatic carbocycles. The van der Waals surface area contributed by atoms with Crippen LogP contribution in [0.1, 0.15) is 57.1 Å². The summed E-state index contributed by atoms with van der Waals surface area (Å²) in [6.07, 6.45) is 6.47. The summed E-state index contributed by atoms with van der Waals surface area (Å²) in [6.45, 7) is 3.97. The number of amides is 1. The summed E-state index contributed by atoms with van der Waals surface area (Å²) in [7, 11) is 3.33. The Morgan fingerprint density at radius 1 is 1.15 bits per heavy atom. The molecule has 3 rings (SSSR count). The molecule has 2 aliphatic rings. The van der Waals surface area contributed by atoms with Crippen LogP contribution in [0, 0.1) is 5.92 Å². The van der Waals surface area contributed by atoms with Crippen LogP contribution in [-0.2, 0) is 4.79 Å². The van der Waals surface area contributed by atoms with E-state index in [-0.39, 0.29) is 6.04 Å². The normalized spacial score (nSPS) is 19.7. The van der Waals surface area contributed by atoms with E-state index in [0.29, 0.717) is 17.9 Å². The zero-order chi connectivity index (χ0) is 18.5. The van der Waals surface area contributed by atoms with E-state index in [0.717, 1.165) is 56.7 Å². The number of rotatable bonds is 7. The highest BCUT2D eigenvalue weighted by Crippen LogP contribution is 2.32. The number of carbonyl (C=O) groups is 1. The standard InChI is InChI=1S/C21H32N2O3/c1-4-18(16-8-9-19(25-2)20(14-16)26-3)22-17-10-12-23(13-11-17)21(24)15-6-5-7-15/h8-9,14-15,17-18,22H,4-7,10-13H2,1-3H3. The summed E-state index contributed by atoms with van der Waals surface area (Å²) in [5.74, 6) is 2.23. The van der Waals surface area contributed by atoms with Gasteiger partial charge in [-0.15, -0.1) is 0 Å². The first-order chi connectivity index (χ1) is 12.7. The number of hydrogen-bond acceptors (Lipinski definition) is 4. The van der Waals surface area contributed by atoms with Crippen molar-refractivity contribution in [2.24, 2.45) is 5.92 Å². The van der Waals surface area contributed by atoms with Crippen molar-refractivity contribution in [2.75, 3.05) is 27.3 Å². The Morgan fingerprint density at radius 3 is 2.38 bits per heavy atom. The van der Waals surface area contributed by atoms with Gasteiger partial charge >= 0.3 is 0 Å². The average Bonchev–Trinajstić information content (AvgIpc) is 2.64. The summed E-state index contributed by atoms with van der Waals surface area (Å²) >= 11 is 0. The van der Waals surface area contributed by atoms with E-state index in [2.05, 4.69) is 29.3 Å². The number of piperidine rings is 1. The lowest BCUT2D eigenvalue weighted by molar-refractivity contribution is -0.139. The first-order valence-electron chi connectivity index (χ1n) is 9.93. The van der Waals surface area contributed by atoms with Crippen LogP contribution < -0.4 is 14.8 Å². The van der Waals surface area contributed by atoms with Crippen LogP contribution in [0.15, 0.2) is 18.2 Å². The molecule has 0 radical (unpaired) electrons. The van der Waals surface area contributed by atoms with Crippen molar-refractivity contribution < 1.29 is 14.3 Å². The topological polar surface area (TPSA) is 50.8 Å². The Morgan fingerprint density at radius 2 is 1.85 bits per heavy atom. The van der Waals surface area contributed by atoms with Crippen LogP contribution in [0.4, 0.5) is 0 Å². The molecule has 0 spiro atoms. The lowest BCUT2D eigenvalue weighted by atomic mass is 9.84. The third-order valence-corrected chi connectivity index (χ3v) is 5.92. The SMILES string of the molecule is CCC(NC1CCN(C(=O)C2CCC2)CC1)c1ccc(OC)c(OC)c1. The van der Waals surface area contributed by atoms with E-state index >= 15 is 0 Å². The molecule has 1 unspecified atom stereocenters. The van der Waals surface area contributed by atoms with Crippen molar-refractivity contribution in [1.29, 1.82) is 0 Å². The van der Waals surface area contributed by atoms with Gasteiger partial charge in [-0.1, -0.05) is 19.4 Å². The van der Waals surface area contributed by atoms with E-state index in [1.165, 1.54) is 12.0 Å². The number of carbonyl (C=O) groups excluding carboxylic acids is 1. The highest BCUT2D eigenvalue weighted by Gasteiger charge is 2.32. The van der Waals surface area contributed by atoms with Crippen LogP contribution in [0.3, 0.4) is 0 Å². The van der Waals surface area contributed by atoms with Gasteiger partial charge in [-0.25, -0.2) is 0 Å². The van der Waals surface area contributed by atoms with Gasteiger partial charge in [0.15, 0.2) is 11.5 Å². The fourth-order valence-corrected chi connectivity index (χ4v) is 3.98. The number of hydrogen-bond donors (Lipinski definition) is 1. The van der Waals surface area contributed by atoms with Crippen molar-refractivity contribution in [2.45, 2.75) is 57.5 Å². The lowest BCUT2D eigenvalue weighted by Gasteiger charge is -2.38. The highest BCUT2D eigenvalue weighted by atomic mass is 16.5. The first-order valence-corrected chi connectivity index (χ1v) is 9.93. The summed E-state index contributed by atoms with van der Waals surface area (Å²) in [5, 5.41) is 3.79. The van der Waals surface area contributed by atoms with Crippen molar-refractivity contribution in [3.05, 3.63) is 23.8 Å². The molecule has 0 bridgehead atoms. The smallest absolute Gasteiger partial charge is 0.225 e. The molecule has 1 atom stereocenters. The van der Waals surface area contributed by atoms with Crippen LogP contribution in [0.2, 0.25) is 0 Å². The van der Waals surface area contributed by atoms with Gasteiger partial charge in [0.1, 0.15) is 0 Å². The third-order valence-electron chi connectivity index (χ3n) is 5.92. The second-order valence-corrected chi connectivity index (χ2v) is 7.47. The molecule has 1 aromatic rings. The summed E-state index contributed by atoms with van der Waals surface area (Å²) in [6, 6.07) is 6.89. The van der Waals surface area contributed by atoms with Gasteiger partial charge in [0, 0.05) is 31.1 Å². The van der Waals surface area contributed by atoms with Crippen LogP contribution in [0.5, 0.6) is 11.5 Å². The van der Waals surface area contributed by atoms with E-state index < -0.39 is 0 Å². The Labute approximate surface area is 157 Å². The Kier molecular flexibility index (Phi) is 6.41. The number of methoxy groups -OCH3 is 2. The van der Waals surface area contributed by atoms with Gasteiger partial charge in [-0.3, -0.25) is 4.79 Å². The minimum Gasteiger partial charge on any atom is -0.493 e. The van der Waals surface area contributed by atoms with Crippen LogP contribution >= 0.6 is 0 Å². The number of likely N-dealkylation sites (tertiary alicyclic amines) is 1. The highest BCUT2D eigenvalue weighted by molar-refractivity contribution is 5.79. The largest absolute Gasteiger partial charge is 0.493 e. The molecule has 1 saturated carbocycles. The third kappa shape index (κ3) is 4.14. The molecule has 1 aliphatic heterocycles. The molecule has 1 N–H and O–H groups in total. The van der Waals surface area contributed by atoms with Gasteiger partial charge in [0.2, 0.25) is 5.91 Å². The molecule has 5 heteroatoms. The Balaban J connectivity index is 1.56. The predicted molar refractivity (Wildman–Crippen MR) is 103 cm³/mol. The quantitative estimate of drug-likeness (QED) is 0.808. The van der Waals surface area contributed by atoms with Gasteiger partial charge in [-0.05, 0) is 49.8 Å². The molecule has 1 saturated heterocycles. The summed E-state index contributed by atoms with van der Waals surface area (Å²) < 4.78 is 10.8. The average molecular weight is 360 g/mol. The van der Waals surface area contributed by atoms with Crippen molar-refractivity contribution >= 4 is 5.91 Å². The molecular weight excluding hydrogens is 328 g/mol. The molecule has 1 amide bonds. The fourth-order valence-electron chi connectivity index (χ4n) is 3.98. The molecule has 0 aromatic heterocycles. The number of nitrogens with zero attached hydrogens (tertiary/aromatic N) is 1. The van der Waals surface area contributed by atoms with Gasteiger partial charge < -0.3 is 19.7 Å². The van der Waals surface area contributed by atoms with Gasteiger partial charge in [-0.2, -0.15) is 0 Å². The van der Waals surface area contributed by atoms with Crippen molar-refractivity contribution in [3.8, 4) is 11.5 Å². The number of benzene rings is 1. The number of nitrogens with one attached hydrogen (secondary N) is 1. The minimum absolute atomic E-state index is 0.286. The Hall–Kier alpha value is -1.75. The van der Waals surface area contributed by atoms with Crippen LogP contribution in [0.25, 0.3) is 0 Å². The first kappa shape index (κ1) is 19.0. The van der Waals surface area contributed by atoms with Gasteiger partial charge in [0.25, 0.3) is 0 Å². The second kappa shape index (κ2) is 8.76. The Bertz CT molecular complexity index is 607. The van der Waals surface area contributed by atoms with Gasteiger partial charge in [0.05, 0.1) is 14.2 Å². The molecular formula is C21H32N2O3. The maximum absolute atomic E-state index is 12.4. The molecule has 2 fully saturated rings. The molecule has 26 heavy (non-hydrogen) atoms. The van der Waals surface area contributed by atoms with E-state index in [4.69, 9.17) is 9.47 Å². The zero-order valence-corrected chi connectivity index (χ0v) is 16.3. The zero-order valence-electron chi connectivity index (χ0n) is 16.3. The summed E-state index contributed by atoms with van der Waals surface area (Å²) in [4.78, 5) is 14.5. The predicted octanol–water partition coefficient (Wildman–Crippen LogP) is 3.54. The molecule has 144 valence electrons. The summed E-state index contributed by atoms with van der Waals surface area (Å²) in [5.41, 5.74) is 1.22. The fraction of sp³-hybridized carbons (Fsp3) is 0.667. The monoisotopic (exact) mass is 360 g/mol. The minimum atomic E-state index is 0.286. The van der Waals surface area contributed by atoms with E-state index in [9.17, 15) is 4.79 Å². The van der Waals surface area contributed by atoms with E-state index in [1.807, 2.05) is 6.07 Å². The molecule has 1 heterocycles. The maximum atomic E-state index is 12.4. The maximum Gasteiger partial charge on any atom is 0.225 e. The molecule has 1 aliphatic carbocycles. The van der Waals surface area contributed by atoms with Crippen molar-refractivity contribution in [1.82, 2.24) is 10.2 Å². The number of ether oxygens (including phenoxy) is 2. The lowest BCUT2D eigenvalue weighted by Crippen LogP contribution is -2.48. The van der Waals surface area contributed by atoms with Crippen LogP contribution in [-0.4, -0.2) is 44.2 Å². The second-order valence-electron chi connectivity index (χ2n) is 7.47.